The van der Waals surface area contributed by atoms with Gasteiger partial charge in [-0.1, -0.05) is 5.16 Å². The molecule has 2 aromatic heterocycles. The van der Waals surface area contributed by atoms with Crippen molar-refractivity contribution in [2.75, 3.05) is 48.8 Å². The van der Waals surface area contributed by atoms with Crippen LogP contribution in [0.15, 0.2) is 22.6 Å². The highest BCUT2D eigenvalue weighted by atomic mass is 32.2. The molecule has 4 heterocycles. The number of urea groups is 1. The Balaban J connectivity index is 1.55. The summed E-state index contributed by atoms with van der Waals surface area (Å²) in [6.45, 7) is 5.94. The highest BCUT2D eigenvalue weighted by molar-refractivity contribution is 8.00. The van der Waals surface area contributed by atoms with Crippen LogP contribution in [0.5, 0.6) is 0 Å². The first-order chi connectivity index (χ1) is 22.7. The summed E-state index contributed by atoms with van der Waals surface area (Å²) in [6, 6.07) is -1.56. The summed E-state index contributed by atoms with van der Waals surface area (Å²) in [7, 11) is 3.51. The monoisotopic (exact) mass is 709 g/mol. The summed E-state index contributed by atoms with van der Waals surface area (Å²) in [6.07, 6.45) is 1.66. The van der Waals surface area contributed by atoms with Crippen molar-refractivity contribution < 1.29 is 43.7 Å². The second-order valence-corrected chi connectivity index (χ2v) is 12.8. The van der Waals surface area contributed by atoms with Crippen molar-refractivity contribution in [1.29, 1.82) is 0 Å². The van der Waals surface area contributed by atoms with E-state index in [0.29, 0.717) is 36.7 Å². The SMILES string of the molecule is CCNc1c(NC(=O)NCCNC)c[n+](CC2=C(C(=O)O)N3C(=O)[C@@H](NC(=O)/C(=N\OC(C)(C)C(=O)O)c4nsc(N)n4)[C@H]3SC2)n1C. The zero-order chi connectivity index (χ0) is 35.3. The van der Waals surface area contributed by atoms with Gasteiger partial charge in [-0.15, -0.1) is 21.1 Å². The van der Waals surface area contributed by atoms with Gasteiger partial charge in [-0.3, -0.25) is 19.8 Å². The molecule has 4 rings (SSSR count). The van der Waals surface area contributed by atoms with Gasteiger partial charge in [0.1, 0.15) is 17.1 Å². The van der Waals surface area contributed by atoms with Crippen LogP contribution in [0.2, 0.25) is 0 Å². The third kappa shape index (κ3) is 7.60. The number of carboxylic acids is 2. The fourth-order valence-corrected chi connectivity index (χ4v) is 6.38. The van der Waals surface area contributed by atoms with Gasteiger partial charge in [-0.25, -0.2) is 14.4 Å². The highest BCUT2D eigenvalue weighted by Crippen LogP contribution is 2.40. The van der Waals surface area contributed by atoms with Crippen LogP contribution in [0.3, 0.4) is 0 Å². The molecule has 22 heteroatoms. The van der Waals surface area contributed by atoms with Crippen molar-refractivity contribution in [3.63, 3.8) is 0 Å². The Morgan fingerprint density at radius 3 is 2.58 bits per heavy atom. The minimum absolute atomic E-state index is 0.00451. The average molecular weight is 710 g/mol. The number of carbonyl (C=O) groups is 5. The van der Waals surface area contributed by atoms with Gasteiger partial charge in [0.15, 0.2) is 23.2 Å². The Kier molecular flexibility index (Phi) is 11.1. The first kappa shape index (κ1) is 35.9. The quantitative estimate of drug-likeness (QED) is 0.0345. The fraction of sp³-hybridized carbons (Fsp3) is 0.500. The fourth-order valence-electron chi connectivity index (χ4n) is 4.61. The Hall–Kier alpha value is -4.96. The molecule has 0 saturated carbocycles. The molecule has 0 spiro atoms. The molecule has 4 amide bonds. The molecule has 0 aliphatic carbocycles. The zero-order valence-corrected chi connectivity index (χ0v) is 28.3. The van der Waals surface area contributed by atoms with E-state index in [1.165, 1.54) is 25.6 Å². The number of carbonyl (C=O) groups excluding carboxylic acids is 3. The van der Waals surface area contributed by atoms with Crippen molar-refractivity contribution in [2.45, 2.75) is 44.3 Å². The van der Waals surface area contributed by atoms with Gasteiger partial charge < -0.3 is 42.1 Å². The number of anilines is 3. The van der Waals surface area contributed by atoms with E-state index in [2.05, 4.69) is 41.1 Å². The molecule has 9 N–H and O–H groups in total. The van der Waals surface area contributed by atoms with Crippen molar-refractivity contribution in [2.24, 2.45) is 12.2 Å². The number of fused-ring (bicyclic) bond motifs is 1. The number of thioether (sulfide) groups is 1. The number of carboxylic acid groups (broad SMARTS) is 2. The number of hydrogen-bond donors (Lipinski definition) is 8. The number of oxime groups is 1. The summed E-state index contributed by atoms with van der Waals surface area (Å²) in [5.41, 5.74) is 3.99. The van der Waals surface area contributed by atoms with Crippen molar-refractivity contribution in [1.82, 2.24) is 34.9 Å². The third-order valence-electron chi connectivity index (χ3n) is 7.13. The maximum Gasteiger partial charge on any atom is 0.352 e. The van der Waals surface area contributed by atoms with E-state index >= 15 is 0 Å². The van der Waals surface area contributed by atoms with Crippen LogP contribution in [0.25, 0.3) is 0 Å². The maximum absolute atomic E-state index is 13.4. The second kappa shape index (κ2) is 14.9. The van der Waals surface area contributed by atoms with Crippen LogP contribution in [-0.2, 0) is 37.6 Å². The minimum atomic E-state index is -1.81. The number of nitrogens with one attached hydrogen (secondary N) is 5. The second-order valence-electron chi connectivity index (χ2n) is 10.9. The first-order valence-corrected chi connectivity index (χ1v) is 16.3. The van der Waals surface area contributed by atoms with Crippen LogP contribution in [0.4, 0.5) is 21.4 Å². The summed E-state index contributed by atoms with van der Waals surface area (Å²) in [5, 5.41) is 36.7. The number of rotatable bonds is 15. The smallest absolute Gasteiger partial charge is 0.352 e. The van der Waals surface area contributed by atoms with Crippen LogP contribution < -0.4 is 37.0 Å². The average Bonchev–Trinajstić information content (AvgIpc) is 3.57. The van der Waals surface area contributed by atoms with E-state index in [0.717, 1.165) is 16.4 Å². The molecule has 0 unspecified atom stereocenters. The van der Waals surface area contributed by atoms with Gasteiger partial charge in [0.2, 0.25) is 23.3 Å². The van der Waals surface area contributed by atoms with E-state index in [1.54, 1.807) is 29.7 Å². The van der Waals surface area contributed by atoms with Crippen molar-refractivity contribution in [3.8, 4) is 0 Å². The Morgan fingerprint density at radius 1 is 1.25 bits per heavy atom. The van der Waals surface area contributed by atoms with Crippen LogP contribution in [0, 0.1) is 0 Å². The lowest BCUT2D eigenvalue weighted by molar-refractivity contribution is -0.765. The lowest BCUT2D eigenvalue weighted by Crippen LogP contribution is -2.71. The number of amides is 4. The number of hydrogen-bond acceptors (Lipinski definition) is 14. The Bertz CT molecular complexity index is 1670. The molecular weight excluding hydrogens is 672 g/mol. The molecule has 1 fully saturated rings. The van der Waals surface area contributed by atoms with E-state index in [-0.39, 0.29) is 29.0 Å². The van der Waals surface area contributed by atoms with Crippen molar-refractivity contribution >= 4 is 75.4 Å². The number of likely N-dealkylation sites (N-methyl/N-ethyl adjacent to an activating group) is 1. The predicted octanol–water partition coefficient (Wildman–Crippen LogP) is -1.46. The number of aliphatic carboxylic acids is 2. The lowest BCUT2D eigenvalue weighted by atomic mass is 10.0. The molecule has 20 nitrogen and oxygen atoms in total. The summed E-state index contributed by atoms with van der Waals surface area (Å²) in [5.74, 6) is -3.77. The number of nitrogens with two attached hydrogens (primary N) is 1. The molecule has 0 bridgehead atoms. The lowest BCUT2D eigenvalue weighted by Gasteiger charge is -2.49. The minimum Gasteiger partial charge on any atom is -0.478 e. The van der Waals surface area contributed by atoms with Crippen LogP contribution in [-0.4, -0.2) is 114 Å². The summed E-state index contributed by atoms with van der Waals surface area (Å²) in [4.78, 5) is 73.3. The molecule has 0 radical (unpaired) electrons. The molecule has 260 valence electrons. The first-order valence-electron chi connectivity index (χ1n) is 14.5. The van der Waals surface area contributed by atoms with E-state index in [9.17, 15) is 34.2 Å². The topological polar surface area (TPSA) is 271 Å². The van der Waals surface area contributed by atoms with Gasteiger partial charge in [0.25, 0.3) is 11.8 Å². The van der Waals surface area contributed by atoms with Gasteiger partial charge in [0.05, 0.1) is 7.05 Å². The maximum atomic E-state index is 13.4. The van der Waals surface area contributed by atoms with E-state index in [4.69, 9.17) is 10.6 Å². The van der Waals surface area contributed by atoms with Crippen molar-refractivity contribution in [3.05, 3.63) is 23.3 Å². The van der Waals surface area contributed by atoms with Crippen LogP contribution in [0.1, 0.15) is 26.6 Å². The molecule has 48 heavy (non-hydrogen) atoms. The third-order valence-corrected chi connectivity index (χ3v) is 9.02. The molecular formula is C26H37N12O8S2+. The summed E-state index contributed by atoms with van der Waals surface area (Å²) < 4.78 is 7.37. The Labute approximate surface area is 282 Å². The number of nitrogen functional groups attached to an aromatic ring is 1. The summed E-state index contributed by atoms with van der Waals surface area (Å²) >= 11 is 2.01. The molecule has 2 aliphatic rings. The van der Waals surface area contributed by atoms with E-state index in [1.807, 2.05) is 6.92 Å². The molecule has 2 aromatic rings. The van der Waals surface area contributed by atoms with Gasteiger partial charge in [-0.2, -0.15) is 9.36 Å². The molecule has 0 aromatic carbocycles. The van der Waals surface area contributed by atoms with Gasteiger partial charge in [0, 0.05) is 42.5 Å². The Morgan fingerprint density at radius 2 is 1.98 bits per heavy atom. The largest absolute Gasteiger partial charge is 0.478 e. The zero-order valence-electron chi connectivity index (χ0n) is 26.7. The van der Waals surface area contributed by atoms with Gasteiger partial charge in [-0.05, 0) is 27.8 Å². The van der Waals surface area contributed by atoms with Gasteiger partial charge >= 0.3 is 18.0 Å². The highest BCUT2D eigenvalue weighted by Gasteiger charge is 2.55. The molecule has 2 atom stereocenters. The van der Waals surface area contributed by atoms with Crippen LogP contribution >= 0.6 is 23.3 Å². The van der Waals surface area contributed by atoms with E-state index < -0.39 is 52.5 Å². The molecule has 1 saturated heterocycles. The predicted molar refractivity (Wildman–Crippen MR) is 174 cm³/mol. The molecule has 2 aliphatic heterocycles. The normalized spacial score (nSPS) is 17.7. The number of nitrogens with zero attached hydrogens (tertiary/aromatic N) is 6. The number of β-lactam (4-membered cyclic amide) rings is 1. The standard InChI is InChI=1S/C26H36N12O8S2/c1-6-29-18-13(31-25(45)30-8-7-28-4)10-37(36(18)5)9-12-11-47-21-15(20(40)38(21)16(12)22(41)42)32-19(39)14(17-33-24(27)48-35-17)34-46-26(2,3)23(43)44/h10,15,21,28H,6-9,11H2,1-5H3,(H7,27,30,31,32,33,35,39,41,42,43,44,45)/p+1/b34-14-/t15-,21-/m1/s1. The number of aromatic nitrogens is 4.